The Morgan fingerprint density at radius 2 is 2.11 bits per heavy atom. The zero-order chi connectivity index (χ0) is 20.1. The van der Waals surface area contributed by atoms with Crippen LogP contribution in [0, 0.1) is 0 Å². The van der Waals surface area contributed by atoms with E-state index in [1.807, 2.05) is 13.2 Å². The molecule has 0 amide bonds. The Labute approximate surface area is 166 Å². The van der Waals surface area contributed by atoms with Gasteiger partial charge >= 0.3 is 0 Å². The molecule has 0 unspecified atom stereocenters. The normalized spacial score (nSPS) is 14.9. The molecule has 0 fully saturated rings. The van der Waals surface area contributed by atoms with Crippen molar-refractivity contribution in [2.75, 3.05) is 25.2 Å². The van der Waals surface area contributed by atoms with Crippen molar-refractivity contribution in [1.29, 1.82) is 0 Å². The van der Waals surface area contributed by atoms with Gasteiger partial charge in [-0.25, -0.2) is 9.97 Å². The molecule has 0 radical (unpaired) electrons. The van der Waals surface area contributed by atoms with Crippen molar-refractivity contribution in [1.82, 2.24) is 14.5 Å². The van der Waals surface area contributed by atoms with E-state index in [0.717, 1.165) is 0 Å². The van der Waals surface area contributed by atoms with E-state index in [1.54, 1.807) is 10.8 Å². The summed E-state index contributed by atoms with van der Waals surface area (Å²) in [6.45, 7) is 3.13. The molecule has 2 rings (SSSR count). The van der Waals surface area contributed by atoms with Crippen LogP contribution in [0.1, 0.15) is 19.4 Å². The first-order chi connectivity index (χ1) is 12.8. The third-order valence-corrected chi connectivity index (χ3v) is 4.77. The van der Waals surface area contributed by atoms with E-state index in [-0.39, 0.29) is 17.6 Å². The highest BCUT2D eigenvalue weighted by Crippen LogP contribution is 2.28. The Kier molecular flexibility index (Phi) is 7.77. The number of fused-ring (bicyclic) bond motifs is 1. The van der Waals surface area contributed by atoms with Gasteiger partial charge < -0.3 is 35.1 Å². The van der Waals surface area contributed by atoms with Crippen LogP contribution < -0.4 is 5.73 Å². The molecule has 2 aromatic rings. The van der Waals surface area contributed by atoms with Gasteiger partial charge in [0, 0.05) is 6.20 Å². The highest BCUT2D eigenvalue weighted by molar-refractivity contribution is 7.98. The van der Waals surface area contributed by atoms with Crippen molar-refractivity contribution in [3.05, 3.63) is 11.8 Å². The Morgan fingerprint density at radius 1 is 1.41 bits per heavy atom. The van der Waals surface area contributed by atoms with Crippen LogP contribution in [-0.2, 0) is 16.2 Å². The number of nitrogens with zero attached hydrogens (tertiary/aromatic N) is 3. The molecule has 27 heavy (non-hydrogen) atoms. The maximum atomic E-state index is 9.93. The number of nitrogens with two attached hydrogens (primary N) is 1. The number of rotatable bonds is 9. The van der Waals surface area contributed by atoms with E-state index < -0.39 is 24.9 Å². The number of ether oxygens (including phenoxy) is 2. The van der Waals surface area contributed by atoms with Gasteiger partial charge in [0.15, 0.2) is 10.2 Å². The largest absolute Gasteiger partial charge is 0.483 e. The van der Waals surface area contributed by atoms with Crippen LogP contribution in [0.2, 0.25) is 0 Å². The smallest absolute Gasteiger partial charge is 0.193 e. The SMILES string of the molecule is CCOC(=S)c1cn(CO[C@H](CO)[C@@H](O)[C@H](C)O)c2nc(SC)nc(N)c12. The predicted molar refractivity (Wildman–Crippen MR) is 107 cm³/mol. The maximum Gasteiger partial charge on any atom is 0.193 e. The molecule has 2 aromatic heterocycles. The molecule has 2 heterocycles. The lowest BCUT2D eigenvalue weighted by molar-refractivity contribution is -0.119. The zero-order valence-electron chi connectivity index (χ0n) is 15.3. The number of aromatic nitrogens is 3. The lowest BCUT2D eigenvalue weighted by Gasteiger charge is -2.23. The molecule has 0 aromatic carbocycles. The first kappa shape index (κ1) is 21.8. The van der Waals surface area contributed by atoms with E-state index in [0.29, 0.717) is 28.4 Å². The molecule has 11 heteroatoms. The summed E-state index contributed by atoms with van der Waals surface area (Å²) in [5.74, 6) is 0.267. The third-order valence-electron chi connectivity index (χ3n) is 3.88. The summed E-state index contributed by atoms with van der Waals surface area (Å²) in [7, 11) is 0. The van der Waals surface area contributed by atoms with Crippen molar-refractivity contribution < 1.29 is 24.8 Å². The lowest BCUT2D eigenvalue weighted by atomic mass is 10.1. The number of hydrogen-bond donors (Lipinski definition) is 4. The summed E-state index contributed by atoms with van der Waals surface area (Å²) in [6, 6.07) is 0. The van der Waals surface area contributed by atoms with Crippen molar-refractivity contribution >= 4 is 45.9 Å². The maximum absolute atomic E-state index is 9.93. The summed E-state index contributed by atoms with van der Waals surface area (Å²) < 4.78 is 12.7. The summed E-state index contributed by atoms with van der Waals surface area (Å²) in [6.07, 6.45) is 0.259. The lowest BCUT2D eigenvalue weighted by Crippen LogP contribution is -2.40. The summed E-state index contributed by atoms with van der Waals surface area (Å²) in [5.41, 5.74) is 7.16. The van der Waals surface area contributed by atoms with E-state index in [2.05, 4.69) is 9.97 Å². The zero-order valence-corrected chi connectivity index (χ0v) is 17.0. The molecule has 0 saturated carbocycles. The van der Waals surface area contributed by atoms with Gasteiger partial charge in [-0.3, -0.25) is 0 Å². The molecule has 5 N–H and O–H groups in total. The molecule has 0 spiro atoms. The number of thioether (sulfide) groups is 1. The first-order valence-electron chi connectivity index (χ1n) is 8.30. The summed E-state index contributed by atoms with van der Waals surface area (Å²) in [5, 5.41) is 30.2. The number of thiocarbonyl (C=S) groups is 1. The van der Waals surface area contributed by atoms with Crippen LogP contribution in [0.5, 0.6) is 0 Å². The second kappa shape index (κ2) is 9.62. The van der Waals surface area contributed by atoms with Gasteiger partial charge in [0.05, 0.1) is 30.3 Å². The molecular formula is C16H24N4O5S2. The van der Waals surface area contributed by atoms with Gasteiger partial charge in [-0.05, 0) is 32.3 Å². The van der Waals surface area contributed by atoms with Crippen molar-refractivity contribution in [3.63, 3.8) is 0 Å². The average Bonchev–Trinajstić information content (AvgIpc) is 3.01. The van der Waals surface area contributed by atoms with Gasteiger partial charge in [-0.1, -0.05) is 11.8 Å². The molecule has 0 aliphatic heterocycles. The van der Waals surface area contributed by atoms with Crippen molar-refractivity contribution in [2.24, 2.45) is 0 Å². The fourth-order valence-corrected chi connectivity index (χ4v) is 3.13. The van der Waals surface area contributed by atoms with E-state index in [1.165, 1.54) is 18.7 Å². The Bertz CT molecular complexity index is 799. The van der Waals surface area contributed by atoms with Crippen molar-refractivity contribution in [2.45, 2.75) is 44.0 Å². The van der Waals surface area contributed by atoms with Crippen LogP contribution >= 0.6 is 24.0 Å². The fourth-order valence-electron chi connectivity index (χ4n) is 2.49. The van der Waals surface area contributed by atoms with Gasteiger partial charge in [0.1, 0.15) is 30.4 Å². The average molecular weight is 417 g/mol. The van der Waals surface area contributed by atoms with Crippen LogP contribution in [0.25, 0.3) is 11.0 Å². The van der Waals surface area contributed by atoms with E-state index in [9.17, 15) is 15.3 Å². The minimum atomic E-state index is -1.23. The second-order valence-electron chi connectivity index (χ2n) is 5.78. The quantitative estimate of drug-likeness (QED) is 0.260. The molecule has 0 bridgehead atoms. The summed E-state index contributed by atoms with van der Waals surface area (Å²) in [4.78, 5) is 8.71. The Hall–Kier alpha value is -1.50. The molecule has 0 aliphatic carbocycles. The number of hydrogen-bond acceptors (Lipinski definition) is 10. The molecule has 3 atom stereocenters. The standard InChI is InChI=1S/C16H24N4O5S2/c1-4-24-15(26)9-5-20(7-25-10(6-21)12(23)8(2)22)14-11(9)13(17)18-16(19-14)27-3/h5,8,10,12,21-23H,4,6-7H2,1-3H3,(H2,17,18,19)/t8-,10+,12-/m0/s1. The van der Waals surface area contributed by atoms with Crippen LogP contribution in [0.4, 0.5) is 5.82 Å². The number of anilines is 1. The topological polar surface area (TPSA) is 136 Å². The highest BCUT2D eigenvalue weighted by Gasteiger charge is 2.25. The van der Waals surface area contributed by atoms with Crippen molar-refractivity contribution in [3.8, 4) is 0 Å². The fraction of sp³-hybridized carbons (Fsp3) is 0.562. The molecule has 0 saturated heterocycles. The molecular weight excluding hydrogens is 392 g/mol. The van der Waals surface area contributed by atoms with Crippen LogP contribution in [0.15, 0.2) is 11.4 Å². The third kappa shape index (κ3) is 4.86. The predicted octanol–water partition coefficient (Wildman–Crippen LogP) is 0.524. The number of nitrogen functional groups attached to an aromatic ring is 1. The number of aliphatic hydroxyl groups excluding tert-OH is 3. The van der Waals surface area contributed by atoms with Gasteiger partial charge in [0.25, 0.3) is 0 Å². The van der Waals surface area contributed by atoms with E-state index >= 15 is 0 Å². The first-order valence-corrected chi connectivity index (χ1v) is 9.93. The van der Waals surface area contributed by atoms with Gasteiger partial charge in [0.2, 0.25) is 0 Å². The Morgan fingerprint density at radius 3 is 2.67 bits per heavy atom. The minimum absolute atomic E-state index is 0.0511. The highest BCUT2D eigenvalue weighted by atomic mass is 32.2. The summed E-state index contributed by atoms with van der Waals surface area (Å²) >= 11 is 6.65. The Balaban J connectivity index is 2.43. The van der Waals surface area contributed by atoms with E-state index in [4.69, 9.17) is 27.4 Å². The second-order valence-corrected chi connectivity index (χ2v) is 6.92. The van der Waals surface area contributed by atoms with Gasteiger partial charge in [-0.15, -0.1) is 0 Å². The van der Waals surface area contributed by atoms with Crippen LogP contribution in [0.3, 0.4) is 0 Å². The monoisotopic (exact) mass is 416 g/mol. The molecule has 9 nitrogen and oxygen atoms in total. The molecule has 0 aliphatic rings. The number of aliphatic hydroxyl groups is 3. The molecule has 150 valence electrons. The van der Waals surface area contributed by atoms with Crippen LogP contribution in [-0.4, -0.2) is 72.7 Å². The minimum Gasteiger partial charge on any atom is -0.483 e. The van der Waals surface area contributed by atoms with Gasteiger partial charge in [-0.2, -0.15) is 0 Å².